The smallest absolute Gasteiger partial charge is 0.335 e. The van der Waals surface area contributed by atoms with Crippen molar-refractivity contribution in [2.24, 2.45) is 5.92 Å². The van der Waals surface area contributed by atoms with Gasteiger partial charge in [-0.25, -0.2) is 17.9 Å². The molecule has 0 aromatic heterocycles. The summed E-state index contributed by atoms with van der Waals surface area (Å²) in [6.45, 7) is 4.22. The Labute approximate surface area is 112 Å². The number of nitrogens with one attached hydrogen (secondary N) is 1. The number of carbonyl (C=O) groups is 1. The molecule has 1 unspecified atom stereocenters. The lowest BCUT2D eigenvalue weighted by molar-refractivity contribution is 0.0697. The lowest BCUT2D eigenvalue weighted by atomic mass is 10.1. The summed E-state index contributed by atoms with van der Waals surface area (Å²) in [6.07, 6.45) is 0.857. The molecule has 0 aliphatic heterocycles. The third-order valence-corrected chi connectivity index (χ3v) is 4.36. The Bertz CT molecular complexity index is 569. The molecule has 0 saturated heterocycles. The first-order valence-corrected chi connectivity index (χ1v) is 7.38. The summed E-state index contributed by atoms with van der Waals surface area (Å²) in [7, 11) is -3.71. The first-order valence-electron chi connectivity index (χ1n) is 5.90. The second-order valence-electron chi connectivity index (χ2n) is 4.42. The topological polar surface area (TPSA) is 109 Å². The number of nitrogens with two attached hydrogens (primary N) is 1. The summed E-state index contributed by atoms with van der Waals surface area (Å²) >= 11 is 0. The summed E-state index contributed by atoms with van der Waals surface area (Å²) in [6, 6.07) is 3.56. The van der Waals surface area contributed by atoms with E-state index in [9.17, 15) is 13.2 Å². The highest BCUT2D eigenvalue weighted by Gasteiger charge is 2.19. The standard InChI is InChI=1S/C12H18N2O4S/c1-3-8(2)7-14-19(17,18)11-5-4-9(12(15)16)6-10(11)13/h4-6,8,14H,3,7,13H2,1-2H3,(H,15,16). The molecule has 0 fully saturated rings. The third kappa shape index (κ3) is 3.93. The molecular weight excluding hydrogens is 268 g/mol. The number of sulfonamides is 1. The maximum absolute atomic E-state index is 12.0. The van der Waals surface area contributed by atoms with Crippen LogP contribution in [0.15, 0.2) is 23.1 Å². The van der Waals surface area contributed by atoms with Gasteiger partial charge in [0.15, 0.2) is 0 Å². The van der Waals surface area contributed by atoms with Crippen LogP contribution in [0.3, 0.4) is 0 Å². The minimum atomic E-state index is -3.71. The van der Waals surface area contributed by atoms with Gasteiger partial charge in [0.1, 0.15) is 4.90 Å². The number of anilines is 1. The van der Waals surface area contributed by atoms with Gasteiger partial charge < -0.3 is 10.8 Å². The third-order valence-electron chi connectivity index (χ3n) is 2.86. The van der Waals surface area contributed by atoms with Crippen molar-refractivity contribution in [3.05, 3.63) is 23.8 Å². The molecule has 0 saturated carbocycles. The van der Waals surface area contributed by atoms with Gasteiger partial charge in [-0.3, -0.25) is 0 Å². The van der Waals surface area contributed by atoms with Crippen molar-refractivity contribution in [1.29, 1.82) is 0 Å². The molecule has 0 radical (unpaired) electrons. The van der Waals surface area contributed by atoms with Gasteiger partial charge in [0.25, 0.3) is 0 Å². The van der Waals surface area contributed by atoms with Crippen LogP contribution in [0.4, 0.5) is 5.69 Å². The number of hydrogen-bond acceptors (Lipinski definition) is 4. The van der Waals surface area contributed by atoms with Gasteiger partial charge in [0, 0.05) is 6.54 Å². The van der Waals surface area contributed by atoms with E-state index in [-0.39, 0.29) is 22.1 Å². The first-order chi connectivity index (χ1) is 8.77. The fraction of sp³-hybridized carbons (Fsp3) is 0.417. The van der Waals surface area contributed by atoms with Crippen LogP contribution in [0.2, 0.25) is 0 Å². The average molecular weight is 286 g/mol. The van der Waals surface area contributed by atoms with Crippen molar-refractivity contribution in [2.45, 2.75) is 25.2 Å². The van der Waals surface area contributed by atoms with E-state index >= 15 is 0 Å². The number of carboxylic acid groups (broad SMARTS) is 1. The number of rotatable bonds is 6. The predicted molar refractivity (Wildman–Crippen MR) is 72.5 cm³/mol. The average Bonchev–Trinajstić information content (AvgIpc) is 2.35. The van der Waals surface area contributed by atoms with Crippen LogP contribution < -0.4 is 10.5 Å². The minimum Gasteiger partial charge on any atom is -0.478 e. The van der Waals surface area contributed by atoms with Crippen molar-refractivity contribution < 1.29 is 18.3 Å². The number of nitrogen functional groups attached to an aromatic ring is 1. The Morgan fingerprint density at radius 2 is 2.11 bits per heavy atom. The van der Waals surface area contributed by atoms with Gasteiger partial charge in [-0.05, 0) is 24.1 Å². The van der Waals surface area contributed by atoms with E-state index in [1.807, 2.05) is 13.8 Å². The van der Waals surface area contributed by atoms with E-state index in [1.54, 1.807) is 0 Å². The SMILES string of the molecule is CCC(C)CNS(=O)(=O)c1ccc(C(=O)O)cc1N. The highest BCUT2D eigenvalue weighted by Crippen LogP contribution is 2.20. The normalized spacial score (nSPS) is 13.2. The number of aromatic carboxylic acids is 1. The molecule has 0 spiro atoms. The summed E-state index contributed by atoms with van der Waals surface area (Å²) in [5.74, 6) is -0.933. The maximum atomic E-state index is 12.0. The molecule has 0 aliphatic rings. The molecule has 7 heteroatoms. The zero-order valence-electron chi connectivity index (χ0n) is 10.9. The number of hydrogen-bond donors (Lipinski definition) is 3. The maximum Gasteiger partial charge on any atom is 0.335 e. The molecule has 6 nitrogen and oxygen atoms in total. The van der Waals surface area contributed by atoms with E-state index in [2.05, 4.69) is 4.72 Å². The van der Waals surface area contributed by atoms with Crippen molar-refractivity contribution in [1.82, 2.24) is 4.72 Å². The van der Waals surface area contributed by atoms with Crippen molar-refractivity contribution in [3.8, 4) is 0 Å². The minimum absolute atomic E-state index is 0.0432. The molecular formula is C12H18N2O4S. The van der Waals surface area contributed by atoms with E-state index in [1.165, 1.54) is 12.1 Å². The summed E-state index contributed by atoms with van der Waals surface area (Å²) in [4.78, 5) is 10.7. The number of benzene rings is 1. The highest BCUT2D eigenvalue weighted by atomic mass is 32.2. The van der Waals surface area contributed by atoms with Gasteiger partial charge >= 0.3 is 5.97 Å². The van der Waals surface area contributed by atoms with Gasteiger partial charge in [-0.1, -0.05) is 20.3 Å². The van der Waals surface area contributed by atoms with E-state index in [4.69, 9.17) is 10.8 Å². The van der Waals surface area contributed by atoms with E-state index in [0.717, 1.165) is 12.5 Å². The molecule has 106 valence electrons. The van der Waals surface area contributed by atoms with Crippen LogP contribution in [-0.2, 0) is 10.0 Å². The Morgan fingerprint density at radius 1 is 1.47 bits per heavy atom. The molecule has 0 amide bonds. The largest absolute Gasteiger partial charge is 0.478 e. The molecule has 1 aromatic carbocycles. The monoisotopic (exact) mass is 286 g/mol. The summed E-state index contributed by atoms with van der Waals surface area (Å²) in [5.41, 5.74) is 5.49. The Balaban J connectivity index is 2.99. The fourth-order valence-electron chi connectivity index (χ4n) is 1.40. The van der Waals surface area contributed by atoms with Crippen molar-refractivity contribution in [3.63, 3.8) is 0 Å². The molecule has 0 heterocycles. The predicted octanol–water partition coefficient (Wildman–Crippen LogP) is 1.29. The molecule has 4 N–H and O–H groups in total. The number of carboxylic acids is 1. The molecule has 0 aliphatic carbocycles. The van der Waals surface area contributed by atoms with Crippen LogP contribution in [0.1, 0.15) is 30.6 Å². The van der Waals surface area contributed by atoms with Crippen LogP contribution in [0.5, 0.6) is 0 Å². The van der Waals surface area contributed by atoms with E-state index < -0.39 is 16.0 Å². The lowest BCUT2D eigenvalue weighted by Gasteiger charge is -2.12. The second-order valence-corrected chi connectivity index (χ2v) is 6.16. The summed E-state index contributed by atoms with van der Waals surface area (Å²) < 4.78 is 26.5. The van der Waals surface area contributed by atoms with Crippen LogP contribution in [0, 0.1) is 5.92 Å². The first kappa shape index (κ1) is 15.5. The molecule has 19 heavy (non-hydrogen) atoms. The quantitative estimate of drug-likeness (QED) is 0.683. The Hall–Kier alpha value is -1.60. The van der Waals surface area contributed by atoms with Crippen molar-refractivity contribution in [2.75, 3.05) is 12.3 Å². The van der Waals surface area contributed by atoms with E-state index in [0.29, 0.717) is 6.54 Å². The molecule has 0 bridgehead atoms. The Morgan fingerprint density at radius 3 is 2.58 bits per heavy atom. The lowest BCUT2D eigenvalue weighted by Crippen LogP contribution is -2.29. The van der Waals surface area contributed by atoms with Crippen LogP contribution in [0.25, 0.3) is 0 Å². The molecule has 1 aromatic rings. The van der Waals surface area contributed by atoms with Crippen molar-refractivity contribution >= 4 is 21.7 Å². The van der Waals surface area contributed by atoms with Crippen LogP contribution >= 0.6 is 0 Å². The summed E-state index contributed by atoms with van der Waals surface area (Å²) in [5, 5.41) is 8.79. The van der Waals surface area contributed by atoms with Gasteiger partial charge in [0.2, 0.25) is 10.0 Å². The van der Waals surface area contributed by atoms with Gasteiger partial charge in [-0.15, -0.1) is 0 Å². The fourth-order valence-corrected chi connectivity index (χ4v) is 2.68. The van der Waals surface area contributed by atoms with Gasteiger partial charge in [-0.2, -0.15) is 0 Å². The zero-order chi connectivity index (χ0) is 14.6. The molecule has 1 rings (SSSR count). The highest BCUT2D eigenvalue weighted by molar-refractivity contribution is 7.89. The van der Waals surface area contributed by atoms with Crippen LogP contribution in [-0.4, -0.2) is 26.0 Å². The zero-order valence-corrected chi connectivity index (χ0v) is 11.7. The Kier molecular flexibility index (Phi) is 4.90. The second kappa shape index (κ2) is 6.03. The molecule has 1 atom stereocenters. The van der Waals surface area contributed by atoms with Gasteiger partial charge in [0.05, 0.1) is 11.3 Å².